The molecule has 0 fully saturated rings. The fraction of sp³-hybridized carbons (Fsp3) is 0. The number of nitrogens with one attached hydrogen (secondary N) is 2. The van der Waals surface area contributed by atoms with Gasteiger partial charge in [-0.05, 0) is 12.1 Å². The zero-order valence-corrected chi connectivity index (χ0v) is 9.14. The fourth-order valence-corrected chi connectivity index (χ4v) is 1.57. The predicted octanol–water partition coefficient (Wildman–Crippen LogP) is 1.38. The van der Waals surface area contributed by atoms with Crippen molar-refractivity contribution in [2.45, 2.75) is 0 Å². The van der Waals surface area contributed by atoms with Gasteiger partial charge in [-0.15, -0.1) is 0 Å². The topological polar surface area (TPSA) is 88.0 Å². The molecule has 0 aliphatic rings. The molecule has 2 amide bonds. The van der Waals surface area contributed by atoms with Gasteiger partial charge in [0.25, 0.3) is 0 Å². The Bertz CT molecular complexity index is 623. The monoisotopic (exact) mass is 255 g/mol. The summed E-state index contributed by atoms with van der Waals surface area (Å²) in [6, 6.07) is 2.54. The number of nitrogens with two attached hydrogens (primary N) is 1. The average Bonchev–Trinajstić information content (AvgIpc) is 2.62. The van der Waals surface area contributed by atoms with Gasteiger partial charge in [-0.2, -0.15) is 0 Å². The molecule has 0 unspecified atom stereocenters. The maximum Gasteiger partial charge on any atom is 0.313 e. The van der Waals surface area contributed by atoms with Crippen LogP contribution in [0.3, 0.4) is 0 Å². The number of hydrogen-bond acceptors (Lipinski definition) is 2. The Balaban J connectivity index is 2.46. The van der Waals surface area contributed by atoms with Crippen LogP contribution in [-0.4, -0.2) is 16.8 Å². The standard InChI is InChI=1S/C10H7ClFN3O2/c11-5-1-4-7(2-6(5)12)14-3-8(4)15-10(17)9(13)16/h1-3,14H,(H2,13,16)(H,15,17). The first-order valence-electron chi connectivity index (χ1n) is 4.56. The van der Waals surface area contributed by atoms with Crippen molar-refractivity contribution in [2.24, 2.45) is 5.73 Å². The summed E-state index contributed by atoms with van der Waals surface area (Å²) < 4.78 is 13.1. The number of aromatic amines is 1. The summed E-state index contributed by atoms with van der Waals surface area (Å²) >= 11 is 5.62. The molecule has 0 atom stereocenters. The number of carbonyl (C=O) groups excluding carboxylic acids is 2. The zero-order chi connectivity index (χ0) is 12.6. The third-order valence-corrected chi connectivity index (χ3v) is 2.48. The van der Waals surface area contributed by atoms with E-state index in [4.69, 9.17) is 17.3 Å². The van der Waals surface area contributed by atoms with Crippen molar-refractivity contribution in [1.29, 1.82) is 0 Å². The molecule has 0 radical (unpaired) electrons. The third kappa shape index (κ3) is 2.07. The van der Waals surface area contributed by atoms with E-state index in [1.807, 2.05) is 0 Å². The number of anilines is 1. The molecule has 0 aliphatic heterocycles. The second kappa shape index (κ2) is 4.06. The van der Waals surface area contributed by atoms with Crippen molar-refractivity contribution in [2.75, 3.05) is 5.32 Å². The van der Waals surface area contributed by atoms with Crippen molar-refractivity contribution in [3.63, 3.8) is 0 Å². The molecule has 0 saturated heterocycles. The minimum absolute atomic E-state index is 0.0772. The molecule has 7 heteroatoms. The van der Waals surface area contributed by atoms with E-state index in [2.05, 4.69) is 10.3 Å². The number of hydrogen-bond donors (Lipinski definition) is 3. The van der Waals surface area contributed by atoms with Gasteiger partial charge < -0.3 is 16.0 Å². The van der Waals surface area contributed by atoms with Crippen LogP contribution < -0.4 is 11.1 Å². The molecular formula is C10H7ClFN3O2. The zero-order valence-electron chi connectivity index (χ0n) is 8.38. The molecule has 0 aliphatic carbocycles. The van der Waals surface area contributed by atoms with Gasteiger partial charge in [0.15, 0.2) is 0 Å². The first kappa shape index (κ1) is 11.4. The number of benzene rings is 1. The summed E-state index contributed by atoms with van der Waals surface area (Å²) in [5.74, 6) is -2.63. The summed E-state index contributed by atoms with van der Waals surface area (Å²) in [5, 5.41) is 2.70. The predicted molar refractivity (Wildman–Crippen MR) is 61.1 cm³/mol. The van der Waals surface area contributed by atoms with Gasteiger partial charge in [-0.1, -0.05) is 11.6 Å². The summed E-state index contributed by atoms with van der Waals surface area (Å²) in [5.41, 5.74) is 5.56. The maximum absolute atomic E-state index is 13.1. The van der Waals surface area contributed by atoms with Crippen LogP contribution in [0.15, 0.2) is 18.3 Å². The van der Waals surface area contributed by atoms with Gasteiger partial charge >= 0.3 is 11.8 Å². The number of amides is 2. The Kier molecular flexibility index (Phi) is 2.72. The van der Waals surface area contributed by atoms with Crippen LogP contribution >= 0.6 is 11.6 Å². The molecule has 4 N–H and O–H groups in total. The smallest absolute Gasteiger partial charge is 0.313 e. The minimum Gasteiger partial charge on any atom is -0.361 e. The van der Waals surface area contributed by atoms with Crippen molar-refractivity contribution in [3.05, 3.63) is 29.2 Å². The Labute approximate surface area is 99.7 Å². The van der Waals surface area contributed by atoms with Gasteiger partial charge in [0, 0.05) is 11.6 Å². The van der Waals surface area contributed by atoms with Crippen LogP contribution in [0.25, 0.3) is 10.9 Å². The van der Waals surface area contributed by atoms with Gasteiger partial charge in [-0.25, -0.2) is 4.39 Å². The lowest BCUT2D eigenvalue weighted by molar-refractivity contribution is -0.134. The fourth-order valence-electron chi connectivity index (χ4n) is 1.40. The van der Waals surface area contributed by atoms with Crippen LogP contribution in [-0.2, 0) is 9.59 Å². The van der Waals surface area contributed by atoms with Crippen LogP contribution in [0.2, 0.25) is 5.02 Å². The number of aromatic nitrogens is 1. The van der Waals surface area contributed by atoms with Crippen LogP contribution in [0.4, 0.5) is 10.1 Å². The number of fused-ring (bicyclic) bond motifs is 1. The van der Waals surface area contributed by atoms with Crippen LogP contribution in [0.5, 0.6) is 0 Å². The molecule has 17 heavy (non-hydrogen) atoms. The van der Waals surface area contributed by atoms with Gasteiger partial charge in [0.2, 0.25) is 0 Å². The van der Waals surface area contributed by atoms with Crippen molar-refractivity contribution in [1.82, 2.24) is 4.98 Å². The number of halogens is 2. The van der Waals surface area contributed by atoms with E-state index in [0.29, 0.717) is 16.6 Å². The first-order valence-corrected chi connectivity index (χ1v) is 4.93. The van der Waals surface area contributed by atoms with Crippen molar-refractivity contribution >= 4 is 40.0 Å². The molecule has 2 aromatic rings. The largest absolute Gasteiger partial charge is 0.361 e. The summed E-state index contributed by atoms with van der Waals surface area (Å²) in [6.45, 7) is 0. The Morgan fingerprint density at radius 3 is 2.76 bits per heavy atom. The van der Waals surface area contributed by atoms with E-state index in [1.165, 1.54) is 18.3 Å². The summed E-state index contributed by atoms with van der Waals surface area (Å²) in [6.07, 6.45) is 1.42. The van der Waals surface area contributed by atoms with E-state index < -0.39 is 17.6 Å². The molecular weight excluding hydrogens is 249 g/mol. The summed E-state index contributed by atoms with van der Waals surface area (Å²) in [7, 11) is 0. The number of rotatable bonds is 1. The molecule has 1 heterocycles. The second-order valence-electron chi connectivity index (χ2n) is 3.33. The van der Waals surface area contributed by atoms with E-state index in [9.17, 15) is 14.0 Å². The molecule has 0 spiro atoms. The summed E-state index contributed by atoms with van der Waals surface area (Å²) in [4.78, 5) is 24.4. The molecule has 5 nitrogen and oxygen atoms in total. The van der Waals surface area contributed by atoms with Gasteiger partial charge in [-0.3, -0.25) is 9.59 Å². The molecule has 0 bridgehead atoms. The van der Waals surface area contributed by atoms with E-state index in [0.717, 1.165) is 0 Å². The lowest BCUT2D eigenvalue weighted by atomic mass is 10.2. The lowest BCUT2D eigenvalue weighted by Gasteiger charge is -2.01. The van der Waals surface area contributed by atoms with Gasteiger partial charge in [0.1, 0.15) is 5.82 Å². The highest BCUT2D eigenvalue weighted by Gasteiger charge is 2.13. The van der Waals surface area contributed by atoms with E-state index >= 15 is 0 Å². The SMILES string of the molecule is NC(=O)C(=O)Nc1c[nH]c2cc(F)c(Cl)cc12. The Morgan fingerprint density at radius 2 is 2.12 bits per heavy atom. The quantitative estimate of drug-likeness (QED) is 0.672. The average molecular weight is 256 g/mol. The first-order chi connectivity index (χ1) is 7.99. The number of primary amides is 1. The Morgan fingerprint density at radius 1 is 1.41 bits per heavy atom. The van der Waals surface area contributed by atoms with Crippen LogP contribution in [0.1, 0.15) is 0 Å². The van der Waals surface area contributed by atoms with Crippen molar-refractivity contribution < 1.29 is 14.0 Å². The number of H-pyrrole nitrogens is 1. The third-order valence-electron chi connectivity index (χ3n) is 2.19. The molecule has 2 rings (SSSR count). The number of carbonyl (C=O) groups is 2. The minimum atomic E-state index is -1.10. The maximum atomic E-state index is 13.1. The molecule has 0 saturated carbocycles. The second-order valence-corrected chi connectivity index (χ2v) is 3.74. The molecule has 1 aromatic heterocycles. The highest BCUT2D eigenvalue weighted by molar-refractivity contribution is 6.39. The lowest BCUT2D eigenvalue weighted by Crippen LogP contribution is -2.29. The van der Waals surface area contributed by atoms with Crippen molar-refractivity contribution in [3.8, 4) is 0 Å². The van der Waals surface area contributed by atoms with Crippen LogP contribution in [0, 0.1) is 5.82 Å². The van der Waals surface area contributed by atoms with Gasteiger partial charge in [0.05, 0.1) is 16.2 Å². The normalized spacial score (nSPS) is 10.5. The molecule has 88 valence electrons. The molecule has 1 aromatic carbocycles. The Hall–Kier alpha value is -2.08. The van der Waals surface area contributed by atoms with E-state index in [-0.39, 0.29) is 5.02 Å². The highest BCUT2D eigenvalue weighted by Crippen LogP contribution is 2.28. The highest BCUT2D eigenvalue weighted by atomic mass is 35.5. The van der Waals surface area contributed by atoms with E-state index in [1.54, 1.807) is 0 Å².